The number of aromatic nitrogens is 2. The first kappa shape index (κ1) is 13.5. The van der Waals surface area contributed by atoms with Gasteiger partial charge in [0.25, 0.3) is 0 Å². The van der Waals surface area contributed by atoms with Crippen molar-refractivity contribution in [3.8, 4) is 0 Å². The van der Waals surface area contributed by atoms with Crippen LogP contribution in [0.15, 0.2) is 4.42 Å². The number of ether oxygens (including phenoxy) is 1. The molecule has 1 fully saturated rings. The quantitative estimate of drug-likeness (QED) is 0.810. The van der Waals surface area contributed by atoms with Gasteiger partial charge in [-0.1, -0.05) is 6.92 Å². The van der Waals surface area contributed by atoms with Crippen LogP contribution in [0.4, 0.5) is 0 Å². The molecule has 1 N–H and O–H groups in total. The monoisotopic (exact) mass is 253 g/mol. The minimum Gasteiger partial charge on any atom is -0.425 e. The van der Waals surface area contributed by atoms with E-state index in [-0.39, 0.29) is 18.1 Å². The molecular formula is C13H23N3O2. The Morgan fingerprint density at radius 1 is 1.17 bits per heavy atom. The van der Waals surface area contributed by atoms with Crippen LogP contribution < -0.4 is 5.32 Å². The molecule has 1 aliphatic heterocycles. The molecule has 1 aromatic heterocycles. The highest BCUT2D eigenvalue weighted by Crippen LogP contribution is 2.39. The summed E-state index contributed by atoms with van der Waals surface area (Å²) in [6.07, 6.45) is 2.26. The molecule has 102 valence electrons. The van der Waals surface area contributed by atoms with Gasteiger partial charge in [-0.3, -0.25) is 0 Å². The lowest BCUT2D eigenvalue weighted by Gasteiger charge is -2.13. The lowest BCUT2D eigenvalue weighted by Crippen LogP contribution is -2.15. The van der Waals surface area contributed by atoms with E-state index in [2.05, 4.69) is 36.3 Å². The van der Waals surface area contributed by atoms with Gasteiger partial charge in [-0.05, 0) is 39.8 Å². The van der Waals surface area contributed by atoms with Crippen molar-refractivity contribution in [1.82, 2.24) is 15.5 Å². The summed E-state index contributed by atoms with van der Waals surface area (Å²) in [6, 6.07) is 0. The maximum atomic E-state index is 5.81. The number of hydrogen-bond acceptors (Lipinski definition) is 5. The zero-order chi connectivity index (χ0) is 13.1. The van der Waals surface area contributed by atoms with Crippen LogP contribution in [0.5, 0.6) is 0 Å². The number of rotatable bonds is 5. The van der Waals surface area contributed by atoms with Crippen molar-refractivity contribution < 1.29 is 9.15 Å². The zero-order valence-electron chi connectivity index (χ0n) is 11.6. The molecule has 2 heterocycles. The highest BCUT2D eigenvalue weighted by Gasteiger charge is 2.41. The summed E-state index contributed by atoms with van der Waals surface area (Å²) in [4.78, 5) is 0. The lowest BCUT2D eigenvalue weighted by atomic mass is 9.89. The fourth-order valence-electron chi connectivity index (χ4n) is 2.61. The van der Waals surface area contributed by atoms with E-state index in [0.29, 0.717) is 5.92 Å². The third-order valence-corrected chi connectivity index (χ3v) is 3.83. The molecule has 5 nitrogen and oxygen atoms in total. The average molecular weight is 253 g/mol. The Labute approximate surface area is 108 Å². The number of aryl methyl sites for hydroxylation is 1. The number of nitrogens with zero attached hydrogens (tertiary/aromatic N) is 2. The maximum absolute atomic E-state index is 5.81. The van der Waals surface area contributed by atoms with Crippen molar-refractivity contribution >= 4 is 0 Å². The second-order valence-electron chi connectivity index (χ2n) is 5.17. The molecule has 4 unspecified atom stereocenters. The van der Waals surface area contributed by atoms with Gasteiger partial charge < -0.3 is 14.5 Å². The molecule has 1 saturated heterocycles. The Bertz CT molecular complexity index is 380. The summed E-state index contributed by atoms with van der Waals surface area (Å²) in [6.45, 7) is 7.33. The van der Waals surface area contributed by atoms with E-state index in [9.17, 15) is 0 Å². The minimum absolute atomic E-state index is 0.153. The summed E-state index contributed by atoms with van der Waals surface area (Å²) < 4.78 is 11.6. The van der Waals surface area contributed by atoms with Crippen LogP contribution in [-0.2, 0) is 11.2 Å². The Morgan fingerprint density at radius 3 is 2.56 bits per heavy atom. The van der Waals surface area contributed by atoms with Crippen LogP contribution in [0.25, 0.3) is 0 Å². The first-order valence-electron chi connectivity index (χ1n) is 6.75. The summed E-state index contributed by atoms with van der Waals surface area (Å²) in [7, 11) is 1.94. The average Bonchev–Trinajstić information content (AvgIpc) is 2.86. The van der Waals surface area contributed by atoms with E-state index >= 15 is 0 Å². The summed E-state index contributed by atoms with van der Waals surface area (Å²) >= 11 is 0. The van der Waals surface area contributed by atoms with Gasteiger partial charge in [0.05, 0.1) is 18.1 Å². The van der Waals surface area contributed by atoms with E-state index in [0.717, 1.165) is 31.2 Å². The largest absolute Gasteiger partial charge is 0.425 e. The Kier molecular flexibility index (Phi) is 4.35. The second-order valence-corrected chi connectivity index (χ2v) is 5.17. The van der Waals surface area contributed by atoms with Gasteiger partial charge >= 0.3 is 0 Å². The highest BCUT2D eigenvalue weighted by molar-refractivity contribution is 5.02. The first-order valence-corrected chi connectivity index (χ1v) is 6.75. The molecule has 2 rings (SSSR count). The van der Waals surface area contributed by atoms with Gasteiger partial charge in [-0.15, -0.1) is 10.2 Å². The molecule has 1 aliphatic rings. The number of hydrogen-bond donors (Lipinski definition) is 1. The van der Waals surface area contributed by atoms with E-state index < -0.39 is 0 Å². The van der Waals surface area contributed by atoms with Crippen LogP contribution in [0.1, 0.15) is 44.9 Å². The van der Waals surface area contributed by atoms with E-state index in [1.54, 1.807) is 0 Å². The molecule has 0 saturated carbocycles. The molecule has 0 spiro atoms. The third kappa shape index (κ3) is 2.72. The molecular weight excluding hydrogens is 230 g/mol. The third-order valence-electron chi connectivity index (χ3n) is 3.83. The fraction of sp³-hybridized carbons (Fsp3) is 0.846. The van der Waals surface area contributed by atoms with Crippen LogP contribution in [-0.4, -0.2) is 36.0 Å². The SMILES string of the molecule is CNCCCc1nnc(C2C(C)OC(C)C2C)o1. The molecule has 0 aliphatic carbocycles. The Morgan fingerprint density at radius 2 is 1.94 bits per heavy atom. The minimum atomic E-state index is 0.153. The normalized spacial score (nSPS) is 32.0. The number of nitrogens with one attached hydrogen (secondary N) is 1. The Balaban J connectivity index is 2.01. The molecule has 4 atom stereocenters. The summed E-state index contributed by atoms with van der Waals surface area (Å²) in [5.41, 5.74) is 0. The van der Waals surface area contributed by atoms with Crippen LogP contribution in [0, 0.1) is 5.92 Å². The smallest absolute Gasteiger partial charge is 0.222 e. The van der Waals surface area contributed by atoms with Gasteiger partial charge in [0.2, 0.25) is 11.8 Å². The Hall–Kier alpha value is -0.940. The summed E-state index contributed by atoms with van der Waals surface area (Å²) in [5, 5.41) is 11.4. The molecule has 0 aromatic carbocycles. The fourth-order valence-corrected chi connectivity index (χ4v) is 2.61. The standard InChI is InChI=1S/C13H23N3O2/c1-8-9(2)17-10(3)12(8)13-16-15-11(18-13)6-5-7-14-4/h8-10,12,14H,5-7H2,1-4H3. The van der Waals surface area contributed by atoms with Gasteiger partial charge in [0, 0.05) is 6.42 Å². The molecule has 5 heteroatoms. The molecule has 18 heavy (non-hydrogen) atoms. The van der Waals surface area contributed by atoms with Crippen molar-refractivity contribution in [3.63, 3.8) is 0 Å². The predicted octanol–water partition coefficient (Wildman–Crippen LogP) is 1.75. The van der Waals surface area contributed by atoms with Gasteiger partial charge in [0.1, 0.15) is 0 Å². The van der Waals surface area contributed by atoms with Crippen molar-refractivity contribution in [2.24, 2.45) is 5.92 Å². The van der Waals surface area contributed by atoms with Gasteiger partial charge in [-0.25, -0.2) is 0 Å². The molecule has 0 bridgehead atoms. The van der Waals surface area contributed by atoms with Crippen LogP contribution in [0.3, 0.4) is 0 Å². The summed E-state index contributed by atoms with van der Waals surface area (Å²) in [5.74, 6) is 2.12. The molecule has 0 radical (unpaired) electrons. The topological polar surface area (TPSA) is 60.2 Å². The van der Waals surface area contributed by atoms with E-state index in [1.165, 1.54) is 0 Å². The predicted molar refractivity (Wildman–Crippen MR) is 68.5 cm³/mol. The molecule has 0 amide bonds. The van der Waals surface area contributed by atoms with Crippen LogP contribution in [0.2, 0.25) is 0 Å². The van der Waals surface area contributed by atoms with Gasteiger partial charge in [-0.2, -0.15) is 0 Å². The zero-order valence-corrected chi connectivity index (χ0v) is 11.6. The van der Waals surface area contributed by atoms with E-state index in [4.69, 9.17) is 9.15 Å². The second kappa shape index (κ2) is 5.80. The van der Waals surface area contributed by atoms with Crippen molar-refractivity contribution in [1.29, 1.82) is 0 Å². The van der Waals surface area contributed by atoms with Gasteiger partial charge in [0.15, 0.2) is 0 Å². The lowest BCUT2D eigenvalue weighted by molar-refractivity contribution is 0.0544. The van der Waals surface area contributed by atoms with Crippen LogP contribution >= 0.6 is 0 Å². The van der Waals surface area contributed by atoms with E-state index in [1.807, 2.05) is 7.05 Å². The van der Waals surface area contributed by atoms with Crippen molar-refractivity contribution in [3.05, 3.63) is 11.8 Å². The first-order chi connectivity index (χ1) is 8.63. The van der Waals surface area contributed by atoms with Crippen molar-refractivity contribution in [2.45, 2.75) is 51.7 Å². The molecule has 1 aromatic rings. The highest BCUT2D eigenvalue weighted by atomic mass is 16.5. The maximum Gasteiger partial charge on any atom is 0.222 e. The van der Waals surface area contributed by atoms with Crippen molar-refractivity contribution in [2.75, 3.05) is 13.6 Å².